The Morgan fingerprint density at radius 2 is 1.77 bits per heavy atom. The first-order valence-electron chi connectivity index (χ1n) is 18.5. The Labute approximate surface area is 320 Å². The molecule has 5 aromatic rings. The van der Waals surface area contributed by atoms with Crippen molar-refractivity contribution in [3.8, 4) is 17.3 Å². The van der Waals surface area contributed by atoms with E-state index in [1.54, 1.807) is 21.6 Å². The van der Waals surface area contributed by atoms with Crippen LogP contribution >= 0.6 is 0 Å². The molecule has 4 aromatic heterocycles. The summed E-state index contributed by atoms with van der Waals surface area (Å²) in [6.07, 6.45) is 4.82. The molecule has 56 heavy (non-hydrogen) atoms. The van der Waals surface area contributed by atoms with E-state index in [0.29, 0.717) is 43.2 Å². The highest BCUT2D eigenvalue weighted by molar-refractivity contribution is 5.94. The average molecular weight is 772 g/mol. The number of hydrogen-bond acceptors (Lipinski definition) is 9. The molecule has 1 aromatic carbocycles. The molecule has 292 valence electrons. The molecule has 2 aliphatic rings. The monoisotopic (exact) mass is 771 g/mol. The number of carbonyl (C=O) groups is 2. The van der Waals surface area contributed by atoms with Crippen LogP contribution in [0.1, 0.15) is 73.1 Å². The predicted molar refractivity (Wildman–Crippen MR) is 196 cm³/mol. The highest BCUT2D eigenvalue weighted by atomic mass is 19.4. The van der Waals surface area contributed by atoms with Crippen molar-refractivity contribution in [1.82, 2.24) is 39.1 Å². The van der Waals surface area contributed by atoms with Crippen LogP contribution in [0.15, 0.2) is 67.5 Å². The molecule has 6 heterocycles. The summed E-state index contributed by atoms with van der Waals surface area (Å²) in [4.78, 5) is 41.7. The number of alkyl halides is 3. The van der Waals surface area contributed by atoms with E-state index in [2.05, 4.69) is 57.0 Å². The third-order valence-corrected chi connectivity index (χ3v) is 10.8. The third kappa shape index (κ3) is 7.60. The molecule has 2 aliphatic heterocycles. The highest BCUT2D eigenvalue weighted by Crippen LogP contribution is 2.38. The molecule has 0 radical (unpaired) electrons. The molecule has 0 N–H and O–H groups in total. The maximum Gasteiger partial charge on any atom is 0.436 e. The molecule has 0 saturated carbocycles. The van der Waals surface area contributed by atoms with Crippen molar-refractivity contribution in [1.29, 1.82) is 5.26 Å². The van der Waals surface area contributed by atoms with Crippen LogP contribution in [0.5, 0.6) is 0 Å². The van der Waals surface area contributed by atoms with Gasteiger partial charge in [-0.1, -0.05) is 38.1 Å². The van der Waals surface area contributed by atoms with Gasteiger partial charge in [-0.15, -0.1) is 0 Å². The van der Waals surface area contributed by atoms with Gasteiger partial charge in [-0.05, 0) is 55.4 Å². The molecule has 0 aliphatic carbocycles. The summed E-state index contributed by atoms with van der Waals surface area (Å²) in [5.74, 6) is -2.72. The summed E-state index contributed by atoms with van der Waals surface area (Å²) in [7, 11) is 0. The Kier molecular flexibility index (Phi) is 10.6. The Bertz CT molecular complexity index is 2260. The molecule has 1 atom stereocenters. The van der Waals surface area contributed by atoms with Gasteiger partial charge in [0.1, 0.15) is 17.5 Å². The van der Waals surface area contributed by atoms with E-state index >= 15 is 0 Å². The van der Waals surface area contributed by atoms with Gasteiger partial charge in [0.05, 0.1) is 35.9 Å². The number of carbonyl (C=O) groups excluding carboxylic acids is 2. The first-order valence-corrected chi connectivity index (χ1v) is 18.5. The molecule has 1 amide bonds. The van der Waals surface area contributed by atoms with Gasteiger partial charge in [0.25, 0.3) is 5.91 Å². The fourth-order valence-corrected chi connectivity index (χ4v) is 7.71. The highest BCUT2D eigenvalue weighted by Gasteiger charge is 2.48. The number of fused-ring (bicyclic) bond motifs is 1. The smallest absolute Gasteiger partial charge is 0.436 e. The SMILES string of the molecule is CC(C)Cc1ccc([C@H](C)C(=O)OCn2ccc3c(-c4cnn(C5(CC#N)CN(C6CCN(C(=O)c7ccnc(C(F)(F)F)c7F)CC6)C5)c4)ncnc32)cc1. The van der Waals surface area contributed by atoms with Crippen molar-refractivity contribution < 1.29 is 31.9 Å². The normalized spacial score (nSPS) is 16.8. The zero-order valence-corrected chi connectivity index (χ0v) is 31.2. The van der Waals surface area contributed by atoms with Crippen molar-refractivity contribution in [3.05, 3.63) is 95.7 Å². The molecule has 0 unspecified atom stereocenters. The zero-order valence-electron chi connectivity index (χ0n) is 31.2. The van der Waals surface area contributed by atoms with E-state index in [1.807, 2.05) is 31.3 Å². The predicted octanol–water partition coefficient (Wildman–Crippen LogP) is 6.58. The number of pyridine rings is 1. The number of halogens is 4. The van der Waals surface area contributed by atoms with Gasteiger partial charge < -0.3 is 9.64 Å². The molecule has 0 bridgehead atoms. The number of piperidine rings is 1. The number of nitriles is 1. The maximum atomic E-state index is 14.6. The van der Waals surface area contributed by atoms with E-state index in [0.717, 1.165) is 35.2 Å². The number of ether oxygens (including phenoxy) is 1. The van der Waals surface area contributed by atoms with E-state index in [1.165, 1.54) is 16.8 Å². The number of nitrogens with zero attached hydrogens (tertiary/aromatic N) is 9. The lowest BCUT2D eigenvalue weighted by Gasteiger charge is -2.53. The number of amides is 1. The largest absolute Gasteiger partial charge is 0.443 e. The molecule has 0 spiro atoms. The van der Waals surface area contributed by atoms with Crippen molar-refractivity contribution >= 4 is 22.9 Å². The topological polar surface area (TPSA) is 135 Å². The molecule has 7 rings (SSSR count). The summed E-state index contributed by atoms with van der Waals surface area (Å²) >= 11 is 0. The van der Waals surface area contributed by atoms with Gasteiger partial charge in [0, 0.05) is 61.8 Å². The first-order chi connectivity index (χ1) is 26.8. The van der Waals surface area contributed by atoms with Crippen LogP contribution in [-0.2, 0) is 34.4 Å². The van der Waals surface area contributed by atoms with Gasteiger partial charge in [0.15, 0.2) is 18.2 Å². The van der Waals surface area contributed by atoms with E-state index < -0.39 is 40.6 Å². The summed E-state index contributed by atoms with van der Waals surface area (Å²) in [6, 6.07) is 13.2. The van der Waals surface area contributed by atoms with E-state index in [9.17, 15) is 32.4 Å². The number of likely N-dealkylation sites (tertiary alicyclic amines) is 2. The lowest BCUT2D eigenvalue weighted by molar-refractivity contribution is -0.148. The fraction of sp³-hybridized carbons (Fsp3) is 0.425. The van der Waals surface area contributed by atoms with Crippen LogP contribution in [0, 0.1) is 23.1 Å². The minimum absolute atomic E-state index is 0.0262. The van der Waals surface area contributed by atoms with E-state index in [4.69, 9.17) is 4.74 Å². The third-order valence-electron chi connectivity index (χ3n) is 10.8. The Morgan fingerprint density at radius 3 is 2.45 bits per heavy atom. The second-order valence-corrected chi connectivity index (χ2v) is 15.1. The lowest BCUT2D eigenvalue weighted by atomic mass is 9.83. The number of esters is 1. The van der Waals surface area contributed by atoms with Gasteiger partial charge in [0.2, 0.25) is 0 Å². The van der Waals surface area contributed by atoms with Gasteiger partial charge in [-0.3, -0.25) is 23.7 Å². The summed E-state index contributed by atoms with van der Waals surface area (Å²) in [5, 5.41) is 15.2. The lowest BCUT2D eigenvalue weighted by Crippen LogP contribution is -2.66. The molecule has 2 fully saturated rings. The minimum atomic E-state index is -5.01. The number of rotatable bonds is 11. The van der Waals surface area contributed by atoms with Crippen LogP contribution < -0.4 is 0 Å². The second kappa shape index (κ2) is 15.4. The Morgan fingerprint density at radius 1 is 1.04 bits per heavy atom. The first kappa shape index (κ1) is 38.6. The molecule has 12 nitrogen and oxygen atoms in total. The number of aromatic nitrogens is 6. The standard InChI is InChI=1S/C40H41F4N9O3/c1-25(2)18-27-4-6-28(7-5-27)26(3)38(55)56-24-51-17-11-32-34(47-23-48-36(32)51)29-19-49-53(20-29)39(12-13-45)21-52(22-39)30-9-15-50(16-10-30)37(54)31-8-14-46-35(33(31)41)40(42,43)44/h4-8,11,14,17,19-20,23,25-26,30H,9-10,12,15-16,18,21-22,24H2,1-3H3/t26-/m0/s1. The van der Waals surface area contributed by atoms with Gasteiger partial charge in [-0.25, -0.2) is 19.3 Å². The zero-order chi connectivity index (χ0) is 39.8. The van der Waals surface area contributed by atoms with Crippen molar-refractivity contribution in [3.63, 3.8) is 0 Å². The minimum Gasteiger partial charge on any atom is -0.443 e. The second-order valence-electron chi connectivity index (χ2n) is 15.1. The van der Waals surface area contributed by atoms with Crippen molar-refractivity contribution in [2.45, 2.75) is 76.9 Å². The van der Waals surface area contributed by atoms with Crippen molar-refractivity contribution in [2.24, 2.45) is 5.92 Å². The molecular weight excluding hydrogens is 730 g/mol. The Hall–Kier alpha value is -5.69. The fourth-order valence-electron chi connectivity index (χ4n) is 7.71. The van der Waals surface area contributed by atoms with Crippen molar-refractivity contribution in [2.75, 3.05) is 26.2 Å². The van der Waals surface area contributed by atoms with Crippen LogP contribution in [-0.4, -0.2) is 83.2 Å². The summed E-state index contributed by atoms with van der Waals surface area (Å²) in [6.45, 7) is 7.67. The summed E-state index contributed by atoms with van der Waals surface area (Å²) < 4.78 is 63.4. The van der Waals surface area contributed by atoms with Crippen LogP contribution in [0.4, 0.5) is 17.6 Å². The average Bonchev–Trinajstić information content (AvgIpc) is 3.83. The maximum absolute atomic E-state index is 14.6. The van der Waals surface area contributed by atoms with Crippen LogP contribution in [0.3, 0.4) is 0 Å². The molecular formula is C40H41F4N9O3. The van der Waals surface area contributed by atoms with Gasteiger partial charge >= 0.3 is 12.1 Å². The van der Waals surface area contributed by atoms with Crippen LogP contribution in [0.2, 0.25) is 0 Å². The molecule has 2 saturated heterocycles. The number of benzene rings is 1. The summed E-state index contributed by atoms with van der Waals surface area (Å²) in [5.41, 5.74) is 1.09. The number of hydrogen-bond donors (Lipinski definition) is 0. The van der Waals surface area contributed by atoms with Crippen LogP contribution in [0.25, 0.3) is 22.3 Å². The van der Waals surface area contributed by atoms with E-state index in [-0.39, 0.29) is 38.3 Å². The Balaban J connectivity index is 0.978. The molecule has 16 heteroatoms. The van der Waals surface area contributed by atoms with Gasteiger partial charge in [-0.2, -0.15) is 23.5 Å². The quantitative estimate of drug-likeness (QED) is 0.108.